The van der Waals surface area contributed by atoms with Crippen LogP contribution in [0.2, 0.25) is 0 Å². The van der Waals surface area contributed by atoms with Gasteiger partial charge in [-0.1, -0.05) is 29.8 Å². The van der Waals surface area contributed by atoms with Gasteiger partial charge in [-0.3, -0.25) is 0 Å². The molecule has 0 unspecified atom stereocenters. The summed E-state index contributed by atoms with van der Waals surface area (Å²) in [7, 11) is 0. The maximum Gasteiger partial charge on any atom is 0.132 e. The minimum atomic E-state index is -0.0153. The number of aryl methyl sites for hydroxylation is 2. The Balaban J connectivity index is 2.20. The Bertz CT molecular complexity index is 530. The van der Waals surface area contributed by atoms with Crippen molar-refractivity contribution in [1.82, 2.24) is 9.97 Å². The van der Waals surface area contributed by atoms with Gasteiger partial charge < -0.3 is 5.73 Å². The maximum atomic E-state index is 5.85. The Hall–Kier alpha value is -1.74. The predicted molar refractivity (Wildman–Crippen MR) is 73.4 cm³/mol. The van der Waals surface area contributed by atoms with E-state index in [1.165, 1.54) is 11.1 Å². The van der Waals surface area contributed by atoms with Gasteiger partial charge in [0.2, 0.25) is 0 Å². The summed E-state index contributed by atoms with van der Waals surface area (Å²) in [6.07, 6.45) is 2.61. The Morgan fingerprint density at radius 3 is 2.39 bits per heavy atom. The van der Waals surface area contributed by atoms with E-state index in [-0.39, 0.29) is 6.04 Å². The molecule has 0 saturated carbocycles. The quantitative estimate of drug-likeness (QED) is 0.899. The summed E-state index contributed by atoms with van der Waals surface area (Å²) in [5.41, 5.74) is 10.3. The lowest BCUT2D eigenvalue weighted by atomic mass is 10.1. The van der Waals surface area contributed by atoms with E-state index in [1.807, 2.05) is 20.0 Å². The van der Waals surface area contributed by atoms with Crippen LogP contribution in [0, 0.1) is 13.8 Å². The van der Waals surface area contributed by atoms with E-state index in [0.717, 1.165) is 23.5 Å². The molecule has 2 N–H and O–H groups in total. The molecule has 0 bridgehead atoms. The fraction of sp³-hybridized carbons (Fsp3) is 0.333. The molecule has 94 valence electrons. The standard InChI is InChI=1S/C15H19N3/c1-10-4-6-13(7-5-10)8-15-17-9-14(11(2)16)12(3)18-15/h4-7,9,11H,8,16H2,1-3H3/t11-/m1/s1. The van der Waals surface area contributed by atoms with Crippen LogP contribution < -0.4 is 5.73 Å². The predicted octanol–water partition coefficient (Wildman–Crippen LogP) is 2.70. The van der Waals surface area contributed by atoms with Gasteiger partial charge in [0, 0.05) is 29.9 Å². The first-order valence-corrected chi connectivity index (χ1v) is 6.20. The van der Waals surface area contributed by atoms with Gasteiger partial charge in [-0.2, -0.15) is 0 Å². The number of hydrogen-bond donors (Lipinski definition) is 1. The highest BCUT2D eigenvalue weighted by Gasteiger charge is 2.07. The first-order chi connectivity index (χ1) is 8.56. The topological polar surface area (TPSA) is 51.8 Å². The summed E-state index contributed by atoms with van der Waals surface area (Å²) in [5.74, 6) is 0.848. The smallest absolute Gasteiger partial charge is 0.132 e. The Morgan fingerprint density at radius 2 is 1.83 bits per heavy atom. The second kappa shape index (κ2) is 5.27. The molecule has 0 radical (unpaired) electrons. The second-order valence-corrected chi connectivity index (χ2v) is 4.78. The lowest BCUT2D eigenvalue weighted by molar-refractivity contribution is 0.777. The third-order valence-corrected chi connectivity index (χ3v) is 3.04. The molecule has 1 atom stereocenters. The van der Waals surface area contributed by atoms with Gasteiger partial charge in [-0.15, -0.1) is 0 Å². The second-order valence-electron chi connectivity index (χ2n) is 4.78. The van der Waals surface area contributed by atoms with E-state index >= 15 is 0 Å². The van der Waals surface area contributed by atoms with E-state index < -0.39 is 0 Å². The third kappa shape index (κ3) is 2.93. The fourth-order valence-electron chi connectivity index (χ4n) is 1.95. The van der Waals surface area contributed by atoms with Crippen LogP contribution in [-0.2, 0) is 6.42 Å². The first-order valence-electron chi connectivity index (χ1n) is 6.20. The van der Waals surface area contributed by atoms with Gasteiger partial charge in [0.1, 0.15) is 5.82 Å². The zero-order chi connectivity index (χ0) is 13.1. The normalized spacial score (nSPS) is 12.4. The van der Waals surface area contributed by atoms with Crippen LogP contribution in [0.5, 0.6) is 0 Å². The maximum absolute atomic E-state index is 5.85. The highest BCUT2D eigenvalue weighted by atomic mass is 14.9. The molecule has 0 amide bonds. The average molecular weight is 241 g/mol. The molecule has 1 heterocycles. The van der Waals surface area contributed by atoms with Crippen molar-refractivity contribution >= 4 is 0 Å². The van der Waals surface area contributed by atoms with Crippen molar-refractivity contribution in [2.75, 3.05) is 0 Å². The molecule has 0 saturated heterocycles. The van der Waals surface area contributed by atoms with Crippen molar-refractivity contribution in [3.8, 4) is 0 Å². The lowest BCUT2D eigenvalue weighted by Crippen LogP contribution is -2.10. The summed E-state index contributed by atoms with van der Waals surface area (Å²) in [6.45, 7) is 6.02. The molecule has 3 heteroatoms. The molecule has 0 aliphatic heterocycles. The number of aromatic nitrogens is 2. The molecule has 1 aromatic carbocycles. The van der Waals surface area contributed by atoms with Crippen molar-refractivity contribution < 1.29 is 0 Å². The number of nitrogens with two attached hydrogens (primary N) is 1. The highest BCUT2D eigenvalue weighted by Crippen LogP contribution is 2.14. The van der Waals surface area contributed by atoms with Crippen molar-refractivity contribution in [2.45, 2.75) is 33.2 Å². The van der Waals surface area contributed by atoms with Crippen molar-refractivity contribution in [3.05, 3.63) is 58.7 Å². The van der Waals surface area contributed by atoms with Gasteiger partial charge in [0.25, 0.3) is 0 Å². The highest BCUT2D eigenvalue weighted by molar-refractivity contribution is 5.25. The van der Waals surface area contributed by atoms with Crippen LogP contribution >= 0.6 is 0 Å². The van der Waals surface area contributed by atoms with E-state index in [9.17, 15) is 0 Å². The van der Waals surface area contributed by atoms with Gasteiger partial charge in [-0.05, 0) is 26.3 Å². The summed E-state index contributed by atoms with van der Waals surface area (Å²) in [6, 6.07) is 8.44. The number of rotatable bonds is 3. The van der Waals surface area contributed by atoms with E-state index in [0.29, 0.717) is 0 Å². The molecular formula is C15H19N3. The third-order valence-electron chi connectivity index (χ3n) is 3.04. The van der Waals surface area contributed by atoms with Crippen molar-refractivity contribution in [1.29, 1.82) is 0 Å². The Kier molecular flexibility index (Phi) is 3.72. The molecule has 18 heavy (non-hydrogen) atoms. The van der Waals surface area contributed by atoms with E-state index in [1.54, 1.807) is 0 Å². The first kappa shape index (κ1) is 12.7. The minimum Gasteiger partial charge on any atom is -0.324 e. The summed E-state index contributed by atoms with van der Waals surface area (Å²) in [5, 5.41) is 0. The largest absolute Gasteiger partial charge is 0.324 e. The molecular weight excluding hydrogens is 222 g/mol. The summed E-state index contributed by atoms with van der Waals surface area (Å²) >= 11 is 0. The molecule has 0 aliphatic rings. The molecule has 2 rings (SSSR count). The molecule has 2 aromatic rings. The Morgan fingerprint density at radius 1 is 1.17 bits per heavy atom. The van der Waals surface area contributed by atoms with Gasteiger partial charge in [0.05, 0.1) is 0 Å². The molecule has 0 spiro atoms. The van der Waals surface area contributed by atoms with Crippen molar-refractivity contribution in [3.63, 3.8) is 0 Å². The van der Waals surface area contributed by atoms with Crippen LogP contribution in [0.1, 0.15) is 41.2 Å². The minimum absolute atomic E-state index is 0.0153. The fourth-order valence-corrected chi connectivity index (χ4v) is 1.95. The monoisotopic (exact) mass is 241 g/mol. The van der Waals surface area contributed by atoms with E-state index in [4.69, 9.17) is 5.73 Å². The summed E-state index contributed by atoms with van der Waals surface area (Å²) in [4.78, 5) is 8.91. The molecule has 0 fully saturated rings. The van der Waals surface area contributed by atoms with Crippen LogP contribution in [-0.4, -0.2) is 9.97 Å². The van der Waals surface area contributed by atoms with Gasteiger partial charge in [-0.25, -0.2) is 9.97 Å². The zero-order valence-corrected chi connectivity index (χ0v) is 11.1. The molecule has 3 nitrogen and oxygen atoms in total. The summed E-state index contributed by atoms with van der Waals surface area (Å²) < 4.78 is 0. The van der Waals surface area contributed by atoms with Crippen LogP contribution in [0.25, 0.3) is 0 Å². The lowest BCUT2D eigenvalue weighted by Gasteiger charge is -2.09. The molecule has 1 aromatic heterocycles. The van der Waals surface area contributed by atoms with Crippen molar-refractivity contribution in [2.24, 2.45) is 5.73 Å². The number of nitrogens with zero attached hydrogens (tertiary/aromatic N) is 2. The number of hydrogen-bond acceptors (Lipinski definition) is 3. The van der Waals surface area contributed by atoms with Crippen LogP contribution in [0.15, 0.2) is 30.5 Å². The van der Waals surface area contributed by atoms with Crippen LogP contribution in [0.3, 0.4) is 0 Å². The SMILES string of the molecule is Cc1ccc(Cc2ncc([C@@H](C)N)c(C)n2)cc1. The van der Waals surface area contributed by atoms with E-state index in [2.05, 4.69) is 41.2 Å². The van der Waals surface area contributed by atoms with Gasteiger partial charge >= 0.3 is 0 Å². The average Bonchev–Trinajstić information content (AvgIpc) is 2.32. The zero-order valence-electron chi connectivity index (χ0n) is 11.1. The van der Waals surface area contributed by atoms with Crippen LogP contribution in [0.4, 0.5) is 0 Å². The molecule has 0 aliphatic carbocycles. The number of benzene rings is 1. The Labute approximate surface area is 108 Å². The van der Waals surface area contributed by atoms with Gasteiger partial charge in [0.15, 0.2) is 0 Å².